The van der Waals surface area contributed by atoms with Gasteiger partial charge >= 0.3 is 0 Å². The third-order valence-electron chi connectivity index (χ3n) is 3.90. The van der Waals surface area contributed by atoms with E-state index in [4.69, 9.17) is 0 Å². The zero-order valence-corrected chi connectivity index (χ0v) is 12.8. The average molecular weight is 289 g/mol. The lowest BCUT2D eigenvalue weighted by Gasteiger charge is -2.27. The van der Waals surface area contributed by atoms with E-state index in [1.807, 2.05) is 18.2 Å². The Morgan fingerprint density at radius 2 is 1.90 bits per heavy atom. The van der Waals surface area contributed by atoms with Gasteiger partial charge in [0.1, 0.15) is 0 Å². The van der Waals surface area contributed by atoms with Gasteiger partial charge in [-0.25, -0.2) is 0 Å². The number of amides is 1. The SMILES string of the molecule is O=C(CCCc1ccccc1)NCCCN1CCNCC1. The van der Waals surface area contributed by atoms with Crippen LogP contribution in [0.4, 0.5) is 0 Å². The molecule has 1 aromatic carbocycles. The minimum absolute atomic E-state index is 0.186. The van der Waals surface area contributed by atoms with E-state index >= 15 is 0 Å². The van der Waals surface area contributed by atoms with E-state index < -0.39 is 0 Å². The van der Waals surface area contributed by atoms with Crippen LogP contribution in [0.25, 0.3) is 0 Å². The predicted molar refractivity (Wildman–Crippen MR) is 86.3 cm³/mol. The van der Waals surface area contributed by atoms with Gasteiger partial charge in [-0.15, -0.1) is 0 Å². The van der Waals surface area contributed by atoms with Gasteiger partial charge < -0.3 is 15.5 Å². The summed E-state index contributed by atoms with van der Waals surface area (Å²) in [5, 5.41) is 6.38. The van der Waals surface area contributed by atoms with Gasteiger partial charge in [0, 0.05) is 39.1 Å². The fourth-order valence-corrected chi connectivity index (χ4v) is 2.65. The summed E-state index contributed by atoms with van der Waals surface area (Å²) in [6.07, 6.45) is 3.58. The van der Waals surface area contributed by atoms with Crippen LogP contribution in [0.3, 0.4) is 0 Å². The molecular formula is C17H27N3O. The molecule has 0 aromatic heterocycles. The Bertz CT molecular complexity index is 402. The number of carbonyl (C=O) groups excluding carboxylic acids is 1. The molecule has 21 heavy (non-hydrogen) atoms. The summed E-state index contributed by atoms with van der Waals surface area (Å²) in [5.74, 6) is 0.186. The van der Waals surface area contributed by atoms with E-state index in [1.165, 1.54) is 5.56 Å². The van der Waals surface area contributed by atoms with Crippen molar-refractivity contribution in [3.8, 4) is 0 Å². The molecule has 116 valence electrons. The van der Waals surface area contributed by atoms with Crippen molar-refractivity contribution >= 4 is 5.91 Å². The Hall–Kier alpha value is -1.39. The minimum atomic E-state index is 0.186. The summed E-state index contributed by atoms with van der Waals surface area (Å²) in [6.45, 7) is 6.33. The number of hydrogen-bond acceptors (Lipinski definition) is 3. The molecule has 1 aliphatic rings. The van der Waals surface area contributed by atoms with Gasteiger partial charge in [-0.05, 0) is 31.4 Å². The third kappa shape index (κ3) is 6.74. The first-order chi connectivity index (χ1) is 10.3. The standard InChI is InChI=1S/C17H27N3O/c21-17(9-4-8-16-6-2-1-3-7-16)19-10-5-13-20-14-11-18-12-15-20/h1-3,6-7,18H,4-5,8-15H2,(H,19,21). The van der Waals surface area contributed by atoms with Crippen molar-refractivity contribution in [1.82, 2.24) is 15.5 Å². The first-order valence-electron chi connectivity index (χ1n) is 8.08. The highest BCUT2D eigenvalue weighted by Gasteiger charge is 2.08. The molecule has 0 saturated carbocycles. The van der Waals surface area contributed by atoms with Crippen LogP contribution in [0.2, 0.25) is 0 Å². The molecule has 0 spiro atoms. The van der Waals surface area contributed by atoms with Crippen LogP contribution in [-0.4, -0.2) is 50.1 Å². The number of aryl methyl sites for hydroxylation is 1. The normalized spacial score (nSPS) is 15.8. The Morgan fingerprint density at radius 1 is 1.14 bits per heavy atom. The zero-order valence-electron chi connectivity index (χ0n) is 12.8. The molecule has 2 rings (SSSR count). The second kappa shape index (κ2) is 9.53. The maximum absolute atomic E-state index is 11.7. The van der Waals surface area contributed by atoms with Gasteiger partial charge in [0.05, 0.1) is 0 Å². The van der Waals surface area contributed by atoms with Crippen molar-refractivity contribution in [3.05, 3.63) is 35.9 Å². The second-order valence-corrected chi connectivity index (χ2v) is 5.63. The number of hydrogen-bond donors (Lipinski definition) is 2. The van der Waals surface area contributed by atoms with Crippen LogP contribution in [0, 0.1) is 0 Å². The lowest BCUT2D eigenvalue weighted by Crippen LogP contribution is -2.44. The van der Waals surface area contributed by atoms with E-state index in [1.54, 1.807) is 0 Å². The largest absolute Gasteiger partial charge is 0.356 e. The molecule has 0 aliphatic carbocycles. The van der Waals surface area contributed by atoms with Crippen molar-refractivity contribution in [3.63, 3.8) is 0 Å². The molecule has 0 bridgehead atoms. The van der Waals surface area contributed by atoms with Gasteiger partial charge in [-0.3, -0.25) is 4.79 Å². The Kier molecular flexibility index (Phi) is 7.25. The Morgan fingerprint density at radius 3 is 2.67 bits per heavy atom. The summed E-state index contributed by atoms with van der Waals surface area (Å²) in [7, 11) is 0. The van der Waals surface area contributed by atoms with Gasteiger partial charge in [0.2, 0.25) is 5.91 Å². The number of carbonyl (C=O) groups is 1. The summed E-state index contributed by atoms with van der Waals surface area (Å²) in [6, 6.07) is 10.3. The zero-order chi connectivity index (χ0) is 14.8. The molecule has 2 N–H and O–H groups in total. The molecule has 0 atom stereocenters. The molecule has 0 radical (unpaired) electrons. The Labute approximate surface area is 127 Å². The van der Waals surface area contributed by atoms with Gasteiger partial charge in [-0.1, -0.05) is 30.3 Å². The fourth-order valence-electron chi connectivity index (χ4n) is 2.65. The molecule has 1 aliphatic heterocycles. The molecule has 4 heteroatoms. The predicted octanol–water partition coefficient (Wildman–Crippen LogP) is 1.42. The Balaban J connectivity index is 1.47. The lowest BCUT2D eigenvalue weighted by atomic mass is 10.1. The van der Waals surface area contributed by atoms with Gasteiger partial charge in [0.15, 0.2) is 0 Å². The van der Waals surface area contributed by atoms with Crippen LogP contribution in [-0.2, 0) is 11.2 Å². The lowest BCUT2D eigenvalue weighted by molar-refractivity contribution is -0.121. The summed E-state index contributed by atoms with van der Waals surface area (Å²) in [4.78, 5) is 14.2. The molecular weight excluding hydrogens is 262 g/mol. The molecule has 1 amide bonds. The van der Waals surface area contributed by atoms with Crippen molar-refractivity contribution in [2.75, 3.05) is 39.3 Å². The smallest absolute Gasteiger partial charge is 0.220 e. The molecule has 1 aromatic rings. The third-order valence-corrected chi connectivity index (χ3v) is 3.90. The van der Waals surface area contributed by atoms with Crippen molar-refractivity contribution in [2.24, 2.45) is 0 Å². The van der Waals surface area contributed by atoms with E-state index in [0.717, 1.165) is 58.5 Å². The number of nitrogens with zero attached hydrogens (tertiary/aromatic N) is 1. The summed E-state index contributed by atoms with van der Waals surface area (Å²) < 4.78 is 0. The monoisotopic (exact) mass is 289 g/mol. The highest BCUT2D eigenvalue weighted by molar-refractivity contribution is 5.75. The summed E-state index contributed by atoms with van der Waals surface area (Å²) >= 11 is 0. The van der Waals surface area contributed by atoms with E-state index in [9.17, 15) is 4.79 Å². The van der Waals surface area contributed by atoms with Crippen molar-refractivity contribution < 1.29 is 4.79 Å². The average Bonchev–Trinajstić information content (AvgIpc) is 2.54. The number of rotatable bonds is 8. The summed E-state index contributed by atoms with van der Waals surface area (Å²) in [5.41, 5.74) is 1.31. The van der Waals surface area contributed by atoms with Crippen LogP contribution >= 0.6 is 0 Å². The highest BCUT2D eigenvalue weighted by Crippen LogP contribution is 2.04. The first-order valence-corrected chi connectivity index (χ1v) is 8.08. The van der Waals surface area contributed by atoms with Crippen LogP contribution in [0.15, 0.2) is 30.3 Å². The van der Waals surface area contributed by atoms with Crippen LogP contribution in [0.1, 0.15) is 24.8 Å². The molecule has 4 nitrogen and oxygen atoms in total. The van der Waals surface area contributed by atoms with E-state index in [-0.39, 0.29) is 5.91 Å². The van der Waals surface area contributed by atoms with Gasteiger partial charge in [-0.2, -0.15) is 0 Å². The van der Waals surface area contributed by atoms with Gasteiger partial charge in [0.25, 0.3) is 0 Å². The molecule has 1 fully saturated rings. The molecule has 1 heterocycles. The van der Waals surface area contributed by atoms with Crippen molar-refractivity contribution in [1.29, 1.82) is 0 Å². The fraction of sp³-hybridized carbons (Fsp3) is 0.588. The van der Waals surface area contributed by atoms with Crippen LogP contribution < -0.4 is 10.6 Å². The van der Waals surface area contributed by atoms with Crippen LogP contribution in [0.5, 0.6) is 0 Å². The molecule has 1 saturated heterocycles. The van der Waals surface area contributed by atoms with E-state index in [0.29, 0.717) is 6.42 Å². The first kappa shape index (κ1) is 16.0. The number of piperazine rings is 1. The van der Waals surface area contributed by atoms with E-state index in [2.05, 4.69) is 27.7 Å². The molecule has 0 unspecified atom stereocenters. The number of nitrogens with one attached hydrogen (secondary N) is 2. The second-order valence-electron chi connectivity index (χ2n) is 5.63. The van der Waals surface area contributed by atoms with Crippen molar-refractivity contribution in [2.45, 2.75) is 25.7 Å². The maximum Gasteiger partial charge on any atom is 0.220 e. The maximum atomic E-state index is 11.7. The highest BCUT2D eigenvalue weighted by atomic mass is 16.1. The number of benzene rings is 1. The minimum Gasteiger partial charge on any atom is -0.356 e. The quantitative estimate of drug-likeness (QED) is 0.712. The topological polar surface area (TPSA) is 44.4 Å².